The van der Waals surface area contributed by atoms with E-state index in [4.69, 9.17) is 9.94 Å². The van der Waals surface area contributed by atoms with Gasteiger partial charge in [0.2, 0.25) is 5.91 Å². The maximum atomic E-state index is 11.8. The van der Waals surface area contributed by atoms with Crippen molar-refractivity contribution in [3.8, 4) is 0 Å². The predicted octanol–water partition coefficient (Wildman–Crippen LogP) is 2.21. The average Bonchev–Trinajstić information content (AvgIpc) is 2.77. The monoisotopic (exact) mass is 257 g/mol. The molecule has 0 spiro atoms. The number of aliphatic carboxylic acids is 1. The Morgan fingerprint density at radius 3 is 2.39 bits per heavy atom. The van der Waals surface area contributed by atoms with E-state index in [-0.39, 0.29) is 5.91 Å². The lowest BCUT2D eigenvalue weighted by Crippen LogP contribution is -2.42. The summed E-state index contributed by atoms with van der Waals surface area (Å²) in [6.07, 6.45) is 6.24. The van der Waals surface area contributed by atoms with Crippen molar-refractivity contribution in [2.24, 2.45) is 5.92 Å². The summed E-state index contributed by atoms with van der Waals surface area (Å²) in [5, 5.41) is 9.97. The largest absolute Gasteiger partial charge is 0.479 e. The van der Waals surface area contributed by atoms with Crippen LogP contribution in [0.25, 0.3) is 0 Å². The van der Waals surface area contributed by atoms with Gasteiger partial charge < -0.3 is 5.11 Å². The maximum Gasteiger partial charge on any atom is 0.338 e. The second kappa shape index (κ2) is 6.18. The summed E-state index contributed by atoms with van der Waals surface area (Å²) in [4.78, 5) is 27.9. The van der Waals surface area contributed by atoms with Crippen LogP contribution in [0.1, 0.15) is 52.4 Å². The quantitative estimate of drug-likeness (QED) is 0.741. The number of nitrogens with zero attached hydrogens (tertiary/aromatic N) is 1. The van der Waals surface area contributed by atoms with Crippen molar-refractivity contribution in [1.82, 2.24) is 5.06 Å². The molecule has 18 heavy (non-hydrogen) atoms. The third-order valence-corrected chi connectivity index (χ3v) is 3.47. The fourth-order valence-electron chi connectivity index (χ4n) is 2.22. The number of carbonyl (C=O) groups excluding carboxylic acids is 1. The molecule has 0 radical (unpaired) electrons. The van der Waals surface area contributed by atoms with Crippen molar-refractivity contribution in [3.05, 3.63) is 0 Å². The molecule has 1 aliphatic rings. The van der Waals surface area contributed by atoms with Gasteiger partial charge in [-0.1, -0.05) is 25.7 Å². The number of carboxylic acid groups (broad SMARTS) is 1. The summed E-state index contributed by atoms with van der Waals surface area (Å²) < 4.78 is 0. The van der Waals surface area contributed by atoms with Crippen molar-refractivity contribution in [3.63, 3.8) is 0 Å². The zero-order valence-corrected chi connectivity index (χ0v) is 11.4. The highest BCUT2D eigenvalue weighted by Gasteiger charge is 2.32. The lowest BCUT2D eigenvalue weighted by Gasteiger charge is -2.26. The van der Waals surface area contributed by atoms with E-state index in [0.717, 1.165) is 11.5 Å². The van der Waals surface area contributed by atoms with E-state index in [1.54, 1.807) is 0 Å². The van der Waals surface area contributed by atoms with E-state index in [1.165, 1.54) is 46.6 Å². The Morgan fingerprint density at radius 2 is 1.89 bits per heavy atom. The van der Waals surface area contributed by atoms with Crippen LogP contribution in [0.2, 0.25) is 0 Å². The molecule has 0 saturated heterocycles. The molecule has 0 unspecified atom stereocenters. The third kappa shape index (κ3) is 4.29. The Labute approximate surface area is 108 Å². The lowest BCUT2D eigenvalue weighted by atomic mass is 10.0. The van der Waals surface area contributed by atoms with Crippen LogP contribution in [-0.4, -0.2) is 34.7 Å². The van der Waals surface area contributed by atoms with Crippen molar-refractivity contribution in [2.45, 2.75) is 58.0 Å². The van der Waals surface area contributed by atoms with Crippen molar-refractivity contribution in [1.29, 1.82) is 0 Å². The fourth-order valence-corrected chi connectivity index (χ4v) is 2.22. The van der Waals surface area contributed by atoms with Crippen LogP contribution >= 0.6 is 0 Å². The van der Waals surface area contributed by atoms with Gasteiger partial charge in [0.1, 0.15) is 0 Å². The first-order chi connectivity index (χ1) is 8.33. The summed E-state index contributed by atoms with van der Waals surface area (Å²) in [5.41, 5.74) is -1.38. The van der Waals surface area contributed by atoms with Gasteiger partial charge in [-0.3, -0.25) is 9.63 Å². The smallest absolute Gasteiger partial charge is 0.338 e. The first kappa shape index (κ1) is 15.0. The van der Waals surface area contributed by atoms with Crippen LogP contribution < -0.4 is 0 Å². The number of amides is 1. The van der Waals surface area contributed by atoms with Crippen molar-refractivity contribution < 1.29 is 19.5 Å². The fraction of sp³-hybridized carbons (Fsp3) is 0.846. The van der Waals surface area contributed by atoms with E-state index >= 15 is 0 Å². The minimum atomic E-state index is -1.38. The molecular weight excluding hydrogens is 234 g/mol. The molecule has 1 rings (SSSR count). The van der Waals surface area contributed by atoms with E-state index in [0.29, 0.717) is 12.3 Å². The van der Waals surface area contributed by atoms with Crippen molar-refractivity contribution in [2.75, 3.05) is 7.05 Å². The zero-order chi connectivity index (χ0) is 13.8. The summed E-state index contributed by atoms with van der Waals surface area (Å²) in [6, 6.07) is 0. The number of hydroxylamine groups is 2. The van der Waals surface area contributed by atoms with Crippen LogP contribution in [0.5, 0.6) is 0 Å². The van der Waals surface area contributed by atoms with Gasteiger partial charge in [0.05, 0.1) is 0 Å². The molecule has 1 fully saturated rings. The summed E-state index contributed by atoms with van der Waals surface area (Å²) >= 11 is 0. The average molecular weight is 257 g/mol. The zero-order valence-electron chi connectivity index (χ0n) is 11.4. The van der Waals surface area contributed by atoms with Gasteiger partial charge in [0.15, 0.2) is 5.60 Å². The Bertz CT molecular complexity index is 308. The summed E-state index contributed by atoms with van der Waals surface area (Å²) in [7, 11) is 1.47. The molecule has 0 aliphatic heterocycles. The molecule has 5 heteroatoms. The number of carboxylic acids is 1. The first-order valence-corrected chi connectivity index (χ1v) is 6.52. The van der Waals surface area contributed by atoms with E-state index in [9.17, 15) is 9.59 Å². The van der Waals surface area contributed by atoms with E-state index in [1.807, 2.05) is 0 Å². The van der Waals surface area contributed by atoms with Crippen LogP contribution in [0, 0.1) is 5.92 Å². The first-order valence-electron chi connectivity index (χ1n) is 6.52. The topological polar surface area (TPSA) is 66.8 Å². The Morgan fingerprint density at radius 1 is 1.33 bits per heavy atom. The van der Waals surface area contributed by atoms with Crippen molar-refractivity contribution >= 4 is 11.9 Å². The molecule has 0 atom stereocenters. The second-order valence-electron chi connectivity index (χ2n) is 5.49. The molecule has 0 bridgehead atoms. The van der Waals surface area contributed by atoms with Crippen LogP contribution in [0.4, 0.5) is 0 Å². The highest BCUT2D eigenvalue weighted by Crippen LogP contribution is 2.28. The number of hydrogen-bond donors (Lipinski definition) is 1. The SMILES string of the molecule is CN(OC(C)(C)C(=O)O)C(=O)CCC1CCCC1. The molecule has 104 valence electrons. The summed E-state index contributed by atoms with van der Waals surface area (Å²) in [6.45, 7) is 2.85. The van der Waals surface area contributed by atoms with Gasteiger partial charge in [-0.2, -0.15) is 0 Å². The highest BCUT2D eigenvalue weighted by molar-refractivity contribution is 5.78. The predicted molar refractivity (Wildman–Crippen MR) is 66.8 cm³/mol. The van der Waals surface area contributed by atoms with Gasteiger partial charge in [-0.15, -0.1) is 0 Å². The molecule has 1 N–H and O–H groups in total. The Hall–Kier alpha value is -1.10. The number of carbonyl (C=O) groups is 2. The maximum absolute atomic E-state index is 11.8. The molecule has 0 aromatic rings. The minimum absolute atomic E-state index is 0.156. The third-order valence-electron chi connectivity index (χ3n) is 3.47. The van der Waals surface area contributed by atoms with Gasteiger partial charge in [0.25, 0.3) is 0 Å². The lowest BCUT2D eigenvalue weighted by molar-refractivity contribution is -0.228. The number of rotatable bonds is 6. The number of hydrogen-bond acceptors (Lipinski definition) is 3. The van der Waals surface area contributed by atoms with Gasteiger partial charge in [0, 0.05) is 13.5 Å². The molecular formula is C13H23NO4. The van der Waals surface area contributed by atoms with Gasteiger partial charge in [-0.25, -0.2) is 9.86 Å². The Kier molecular flexibility index (Phi) is 5.14. The molecule has 1 saturated carbocycles. The molecule has 1 aliphatic carbocycles. The normalized spacial score (nSPS) is 16.8. The molecule has 1 amide bonds. The van der Waals surface area contributed by atoms with Crippen LogP contribution in [0.15, 0.2) is 0 Å². The molecule has 0 heterocycles. The summed E-state index contributed by atoms with van der Waals surface area (Å²) in [5.74, 6) is -0.594. The van der Waals surface area contributed by atoms with Crippen LogP contribution in [-0.2, 0) is 14.4 Å². The van der Waals surface area contributed by atoms with Crippen LogP contribution in [0.3, 0.4) is 0 Å². The minimum Gasteiger partial charge on any atom is -0.479 e. The van der Waals surface area contributed by atoms with Gasteiger partial charge in [-0.05, 0) is 26.2 Å². The standard InChI is InChI=1S/C13H23NO4/c1-13(2,12(16)17)18-14(3)11(15)9-8-10-6-4-5-7-10/h10H,4-9H2,1-3H3,(H,16,17). The highest BCUT2D eigenvalue weighted by atomic mass is 16.7. The molecule has 0 aromatic carbocycles. The van der Waals surface area contributed by atoms with E-state index in [2.05, 4.69) is 0 Å². The molecule has 0 aromatic heterocycles. The second-order valence-corrected chi connectivity index (χ2v) is 5.49. The Balaban J connectivity index is 2.34. The van der Waals surface area contributed by atoms with E-state index < -0.39 is 11.6 Å². The molecule has 5 nitrogen and oxygen atoms in total. The van der Waals surface area contributed by atoms with Gasteiger partial charge >= 0.3 is 5.97 Å².